The molecule has 0 radical (unpaired) electrons. The Bertz CT molecular complexity index is 861. The number of nitrogens with one attached hydrogen (secondary N) is 1. The third kappa shape index (κ3) is 5.96. The van der Waals surface area contributed by atoms with Crippen LogP contribution in [0.2, 0.25) is 0 Å². The molecule has 0 aromatic heterocycles. The van der Waals surface area contributed by atoms with Crippen molar-refractivity contribution in [2.45, 2.75) is 6.92 Å². The van der Waals surface area contributed by atoms with Gasteiger partial charge in [-0.2, -0.15) is 0 Å². The van der Waals surface area contributed by atoms with Crippen molar-refractivity contribution in [2.75, 3.05) is 18.5 Å². The second-order valence-corrected chi connectivity index (χ2v) is 5.51. The van der Waals surface area contributed by atoms with Crippen LogP contribution in [0.1, 0.15) is 27.6 Å². The zero-order chi connectivity index (χ0) is 19.8. The molecule has 0 aliphatic rings. The summed E-state index contributed by atoms with van der Waals surface area (Å²) in [4.78, 5) is 46.1. The lowest BCUT2D eigenvalue weighted by molar-refractivity contribution is -0.120. The highest BCUT2D eigenvalue weighted by molar-refractivity contribution is 6.04. The van der Waals surface area contributed by atoms with E-state index in [1.807, 2.05) is 0 Å². The predicted octanol–water partition coefficient (Wildman–Crippen LogP) is 1.55. The Morgan fingerprint density at radius 3 is 2.26 bits per heavy atom. The van der Waals surface area contributed by atoms with Gasteiger partial charge in [-0.1, -0.05) is 12.1 Å². The zero-order valence-electron chi connectivity index (χ0n) is 14.6. The first-order valence-corrected chi connectivity index (χ1v) is 7.95. The summed E-state index contributed by atoms with van der Waals surface area (Å²) in [6, 6.07) is 12.3. The summed E-state index contributed by atoms with van der Waals surface area (Å²) in [6.45, 7) is 0.610. The first kappa shape index (κ1) is 19.6. The molecule has 2 aromatic rings. The van der Waals surface area contributed by atoms with E-state index in [4.69, 9.17) is 15.2 Å². The minimum Gasteiger partial charge on any atom is -0.484 e. The van der Waals surface area contributed by atoms with Gasteiger partial charge in [0.1, 0.15) is 5.75 Å². The van der Waals surface area contributed by atoms with Crippen molar-refractivity contribution >= 4 is 29.3 Å². The van der Waals surface area contributed by atoms with Gasteiger partial charge in [0.15, 0.2) is 19.0 Å². The molecule has 27 heavy (non-hydrogen) atoms. The number of nitrogens with two attached hydrogens (primary N) is 1. The fourth-order valence-corrected chi connectivity index (χ4v) is 2.14. The molecule has 2 rings (SSSR count). The molecule has 0 atom stereocenters. The van der Waals surface area contributed by atoms with Crippen molar-refractivity contribution in [3.63, 3.8) is 0 Å². The number of carbonyl (C=O) groups is 4. The molecule has 2 amide bonds. The molecule has 0 unspecified atom stereocenters. The normalized spacial score (nSPS) is 9.96. The van der Waals surface area contributed by atoms with Crippen LogP contribution in [-0.2, 0) is 14.3 Å². The number of para-hydroxylation sites is 1. The predicted molar refractivity (Wildman–Crippen MR) is 96.5 cm³/mol. The fourth-order valence-electron chi connectivity index (χ4n) is 2.14. The van der Waals surface area contributed by atoms with Gasteiger partial charge in [-0.3, -0.25) is 14.4 Å². The van der Waals surface area contributed by atoms with Crippen molar-refractivity contribution < 1.29 is 28.7 Å². The number of esters is 1. The number of rotatable bonds is 8. The molecule has 140 valence electrons. The van der Waals surface area contributed by atoms with Gasteiger partial charge in [0, 0.05) is 5.56 Å². The summed E-state index contributed by atoms with van der Waals surface area (Å²) in [5.74, 6) is -1.72. The first-order chi connectivity index (χ1) is 12.9. The Morgan fingerprint density at radius 2 is 1.63 bits per heavy atom. The monoisotopic (exact) mass is 370 g/mol. The van der Waals surface area contributed by atoms with Crippen LogP contribution < -0.4 is 15.8 Å². The first-order valence-electron chi connectivity index (χ1n) is 7.95. The molecular formula is C19H18N2O6. The average Bonchev–Trinajstić information content (AvgIpc) is 2.65. The van der Waals surface area contributed by atoms with E-state index in [2.05, 4.69) is 5.32 Å². The number of ether oxygens (including phenoxy) is 2. The van der Waals surface area contributed by atoms with Crippen LogP contribution in [0.25, 0.3) is 0 Å². The molecule has 0 fully saturated rings. The van der Waals surface area contributed by atoms with E-state index in [1.165, 1.54) is 31.2 Å². The van der Waals surface area contributed by atoms with Crippen LogP contribution in [-0.4, -0.2) is 36.8 Å². The molecule has 0 saturated heterocycles. The number of amides is 2. The molecule has 0 saturated carbocycles. The van der Waals surface area contributed by atoms with E-state index in [-0.39, 0.29) is 18.0 Å². The SMILES string of the molecule is CC(=O)c1ccccc1NC(=O)COC(=O)c1ccc(OCC(N)=O)cc1. The molecule has 3 N–H and O–H groups in total. The van der Waals surface area contributed by atoms with E-state index in [0.717, 1.165) is 0 Å². The Balaban J connectivity index is 1.89. The second kappa shape index (κ2) is 9.14. The standard InChI is InChI=1S/C19H18N2O6/c1-12(22)15-4-2-3-5-16(15)21-18(24)11-27-19(25)13-6-8-14(9-7-13)26-10-17(20)23/h2-9H,10-11H2,1H3,(H2,20,23)(H,21,24). The lowest BCUT2D eigenvalue weighted by Crippen LogP contribution is -2.22. The van der Waals surface area contributed by atoms with Crippen molar-refractivity contribution in [2.24, 2.45) is 5.73 Å². The van der Waals surface area contributed by atoms with Gasteiger partial charge in [0.25, 0.3) is 11.8 Å². The Hall–Kier alpha value is -3.68. The summed E-state index contributed by atoms with van der Waals surface area (Å²) >= 11 is 0. The van der Waals surface area contributed by atoms with Crippen molar-refractivity contribution in [3.05, 3.63) is 59.7 Å². The lowest BCUT2D eigenvalue weighted by Gasteiger charge is -2.10. The number of hydrogen-bond donors (Lipinski definition) is 2. The van der Waals surface area contributed by atoms with E-state index < -0.39 is 24.4 Å². The quantitative estimate of drug-likeness (QED) is 0.536. The highest BCUT2D eigenvalue weighted by Crippen LogP contribution is 2.16. The largest absolute Gasteiger partial charge is 0.484 e. The Morgan fingerprint density at radius 1 is 0.963 bits per heavy atom. The van der Waals surface area contributed by atoms with Gasteiger partial charge < -0.3 is 20.5 Å². The summed E-state index contributed by atoms with van der Waals surface area (Å²) < 4.78 is 10.0. The highest BCUT2D eigenvalue weighted by Gasteiger charge is 2.13. The van der Waals surface area contributed by atoms with Crippen LogP contribution in [0.4, 0.5) is 5.69 Å². The minimum atomic E-state index is -0.702. The van der Waals surface area contributed by atoms with E-state index in [0.29, 0.717) is 17.0 Å². The van der Waals surface area contributed by atoms with E-state index in [9.17, 15) is 19.2 Å². The zero-order valence-corrected chi connectivity index (χ0v) is 14.6. The summed E-state index contributed by atoms with van der Waals surface area (Å²) in [7, 11) is 0. The smallest absolute Gasteiger partial charge is 0.338 e. The second-order valence-electron chi connectivity index (χ2n) is 5.51. The number of anilines is 1. The number of benzene rings is 2. The van der Waals surface area contributed by atoms with Crippen LogP contribution in [0.5, 0.6) is 5.75 Å². The molecule has 0 aliphatic heterocycles. The summed E-state index contributed by atoms with van der Waals surface area (Å²) in [6.07, 6.45) is 0. The fraction of sp³-hybridized carbons (Fsp3) is 0.158. The molecule has 0 heterocycles. The van der Waals surface area contributed by atoms with Gasteiger partial charge in [-0.05, 0) is 43.3 Å². The highest BCUT2D eigenvalue weighted by atomic mass is 16.5. The minimum absolute atomic E-state index is 0.193. The number of carbonyl (C=O) groups excluding carboxylic acids is 4. The average molecular weight is 370 g/mol. The third-order valence-electron chi connectivity index (χ3n) is 3.39. The number of primary amides is 1. The Labute approximate surface area is 155 Å². The van der Waals surface area contributed by atoms with Crippen LogP contribution in [0, 0.1) is 0 Å². The van der Waals surface area contributed by atoms with E-state index in [1.54, 1.807) is 24.3 Å². The Kier molecular flexibility index (Phi) is 6.65. The maximum Gasteiger partial charge on any atom is 0.338 e. The third-order valence-corrected chi connectivity index (χ3v) is 3.39. The number of Topliss-reactive ketones (excluding diaryl/α,β-unsaturated/α-hetero) is 1. The summed E-state index contributed by atoms with van der Waals surface area (Å²) in [5, 5.41) is 2.53. The molecule has 0 bridgehead atoms. The molecular weight excluding hydrogens is 352 g/mol. The van der Waals surface area contributed by atoms with Gasteiger partial charge in [0.05, 0.1) is 11.3 Å². The van der Waals surface area contributed by atoms with Crippen LogP contribution >= 0.6 is 0 Å². The topological polar surface area (TPSA) is 125 Å². The lowest BCUT2D eigenvalue weighted by atomic mass is 10.1. The van der Waals surface area contributed by atoms with Gasteiger partial charge in [-0.15, -0.1) is 0 Å². The summed E-state index contributed by atoms with van der Waals surface area (Å²) in [5.41, 5.74) is 5.89. The van der Waals surface area contributed by atoms with Crippen molar-refractivity contribution in [1.82, 2.24) is 0 Å². The van der Waals surface area contributed by atoms with Gasteiger partial charge in [0.2, 0.25) is 0 Å². The number of ketones is 1. The number of hydrogen-bond acceptors (Lipinski definition) is 6. The molecule has 2 aromatic carbocycles. The molecule has 8 heteroatoms. The van der Waals surface area contributed by atoms with Gasteiger partial charge >= 0.3 is 5.97 Å². The molecule has 8 nitrogen and oxygen atoms in total. The maximum atomic E-state index is 12.0. The van der Waals surface area contributed by atoms with Crippen LogP contribution in [0.15, 0.2) is 48.5 Å². The van der Waals surface area contributed by atoms with Crippen molar-refractivity contribution in [1.29, 1.82) is 0 Å². The van der Waals surface area contributed by atoms with Crippen LogP contribution in [0.3, 0.4) is 0 Å². The molecule has 0 aliphatic carbocycles. The van der Waals surface area contributed by atoms with Gasteiger partial charge in [-0.25, -0.2) is 4.79 Å². The maximum absolute atomic E-state index is 12.0. The molecule has 0 spiro atoms. The van der Waals surface area contributed by atoms with E-state index >= 15 is 0 Å². The van der Waals surface area contributed by atoms with Crippen molar-refractivity contribution in [3.8, 4) is 5.75 Å².